The molecule has 1 N–H and O–H groups in total. The Balaban J connectivity index is 4.55. The van der Waals surface area contributed by atoms with Crippen molar-refractivity contribution < 1.29 is 29.0 Å². The van der Waals surface area contributed by atoms with Gasteiger partial charge in [-0.3, -0.25) is 0 Å². The summed E-state index contributed by atoms with van der Waals surface area (Å²) in [7, 11) is 0. The van der Waals surface area contributed by atoms with Gasteiger partial charge in [-0.05, 0) is 13.8 Å². The predicted octanol–water partition coefficient (Wildman–Crippen LogP) is 0.122. The molecule has 1 unspecified atom stereocenters. The van der Waals surface area contributed by atoms with Gasteiger partial charge < -0.3 is 14.6 Å². The molecule has 0 amide bonds. The Morgan fingerprint density at radius 2 is 1.93 bits per heavy atom. The van der Waals surface area contributed by atoms with Crippen LogP contribution in [0.15, 0.2) is 12.2 Å². The van der Waals surface area contributed by atoms with E-state index < -0.39 is 24.0 Å². The zero-order chi connectivity index (χ0) is 12.0. The third-order valence-corrected chi connectivity index (χ3v) is 1.30. The van der Waals surface area contributed by atoms with Crippen molar-refractivity contribution in [3.63, 3.8) is 0 Å². The molecular formula is C9H12O6. The van der Waals surface area contributed by atoms with Crippen LogP contribution < -0.4 is 0 Å². The minimum atomic E-state index is -1.94. The zero-order valence-electron chi connectivity index (χ0n) is 8.48. The molecule has 0 heterocycles. The third kappa shape index (κ3) is 4.26. The Kier molecular flexibility index (Phi) is 5.08. The van der Waals surface area contributed by atoms with Gasteiger partial charge in [0.1, 0.15) is 0 Å². The quantitative estimate of drug-likeness (QED) is 0.399. The molecule has 0 rings (SSSR count). The van der Waals surface area contributed by atoms with Crippen molar-refractivity contribution in [2.45, 2.75) is 20.0 Å². The fraction of sp³-hybridized carbons (Fsp3) is 0.444. The Labute approximate surface area is 86.5 Å². The molecule has 0 bridgehead atoms. The van der Waals surface area contributed by atoms with Gasteiger partial charge >= 0.3 is 17.9 Å². The van der Waals surface area contributed by atoms with Crippen molar-refractivity contribution in [1.29, 1.82) is 0 Å². The second kappa shape index (κ2) is 5.79. The third-order valence-electron chi connectivity index (χ3n) is 1.30. The van der Waals surface area contributed by atoms with Crippen LogP contribution in [0.2, 0.25) is 0 Å². The highest BCUT2D eigenvalue weighted by Gasteiger charge is 2.31. The topological polar surface area (TPSA) is 89.9 Å². The molecule has 0 radical (unpaired) electrons. The molecule has 0 aromatic carbocycles. The Bertz CT molecular complexity index is 293. The number of hydrogen-bond donors (Lipinski definition) is 1. The van der Waals surface area contributed by atoms with Crippen molar-refractivity contribution in [2.75, 3.05) is 6.61 Å². The van der Waals surface area contributed by atoms with Crippen LogP contribution in [0.1, 0.15) is 13.8 Å². The summed E-state index contributed by atoms with van der Waals surface area (Å²) in [4.78, 5) is 32.6. The first-order chi connectivity index (χ1) is 6.90. The fourth-order valence-corrected chi connectivity index (χ4v) is 0.625. The second-order valence-corrected chi connectivity index (χ2v) is 2.66. The number of carboxylic acid groups (broad SMARTS) is 1. The van der Waals surface area contributed by atoms with Gasteiger partial charge in [0.15, 0.2) is 0 Å². The smallest absolute Gasteiger partial charge is 0.359 e. The maximum Gasteiger partial charge on any atom is 0.359 e. The lowest BCUT2D eigenvalue weighted by Crippen LogP contribution is -2.36. The molecule has 0 saturated heterocycles. The van der Waals surface area contributed by atoms with Crippen LogP contribution in [0.25, 0.3) is 0 Å². The molecule has 84 valence electrons. The van der Waals surface area contributed by atoms with Crippen molar-refractivity contribution in [2.24, 2.45) is 0 Å². The number of carbonyl (C=O) groups is 3. The Morgan fingerprint density at radius 1 is 1.40 bits per heavy atom. The van der Waals surface area contributed by atoms with E-state index in [4.69, 9.17) is 5.11 Å². The average Bonchev–Trinajstić information content (AvgIpc) is 2.13. The van der Waals surface area contributed by atoms with Crippen molar-refractivity contribution in [1.82, 2.24) is 0 Å². The highest BCUT2D eigenvalue weighted by atomic mass is 16.6. The second-order valence-electron chi connectivity index (χ2n) is 2.66. The minimum Gasteiger partial charge on any atom is -0.478 e. The summed E-state index contributed by atoms with van der Waals surface area (Å²) in [6.45, 7) is 6.11. The molecular weight excluding hydrogens is 204 g/mol. The predicted molar refractivity (Wildman–Crippen MR) is 49.0 cm³/mol. The van der Waals surface area contributed by atoms with Crippen LogP contribution in [0.5, 0.6) is 0 Å². The molecule has 0 fully saturated rings. The summed E-state index contributed by atoms with van der Waals surface area (Å²) < 4.78 is 8.79. The van der Waals surface area contributed by atoms with Crippen LogP contribution >= 0.6 is 0 Å². The van der Waals surface area contributed by atoms with Gasteiger partial charge in [-0.15, -0.1) is 0 Å². The summed E-state index contributed by atoms with van der Waals surface area (Å²) in [5, 5.41) is 8.59. The van der Waals surface area contributed by atoms with E-state index in [2.05, 4.69) is 16.1 Å². The van der Waals surface area contributed by atoms with E-state index in [0.29, 0.717) is 0 Å². The molecule has 0 aliphatic heterocycles. The van der Waals surface area contributed by atoms with Crippen molar-refractivity contribution in [3.8, 4) is 0 Å². The van der Waals surface area contributed by atoms with Gasteiger partial charge in [0.05, 0.1) is 6.61 Å². The number of rotatable bonds is 5. The van der Waals surface area contributed by atoms with Gasteiger partial charge in [0.2, 0.25) is 0 Å². The highest BCUT2D eigenvalue weighted by Crippen LogP contribution is 2.01. The molecule has 0 aromatic heterocycles. The normalized spacial score (nSPS) is 11.3. The summed E-state index contributed by atoms with van der Waals surface area (Å²) in [6.07, 6.45) is -1.94. The molecule has 15 heavy (non-hydrogen) atoms. The molecule has 0 spiro atoms. The van der Waals surface area contributed by atoms with E-state index in [1.807, 2.05) is 0 Å². The number of carboxylic acids is 1. The van der Waals surface area contributed by atoms with Crippen LogP contribution in [0.3, 0.4) is 0 Å². The van der Waals surface area contributed by atoms with E-state index in [9.17, 15) is 14.4 Å². The standard InChI is InChI=1S/C9H12O6/c1-4-14-9(13)6(7(10)11)15-8(12)5(2)3/h6H,2,4H2,1,3H3,(H,10,11). The lowest BCUT2D eigenvalue weighted by Gasteiger charge is -2.11. The molecule has 0 saturated carbocycles. The van der Waals surface area contributed by atoms with Gasteiger partial charge in [0, 0.05) is 5.57 Å². The molecule has 0 aliphatic rings. The summed E-state index contributed by atoms with van der Waals surface area (Å²) in [5.41, 5.74) is 0.00514. The van der Waals surface area contributed by atoms with E-state index in [-0.39, 0.29) is 12.2 Å². The monoisotopic (exact) mass is 216 g/mol. The zero-order valence-corrected chi connectivity index (χ0v) is 8.48. The minimum absolute atomic E-state index is 0.00514. The SMILES string of the molecule is C=C(C)C(=O)OC(C(=O)O)C(=O)OCC. The van der Waals surface area contributed by atoms with Gasteiger partial charge in [-0.25, -0.2) is 14.4 Å². The van der Waals surface area contributed by atoms with Gasteiger partial charge in [0.25, 0.3) is 6.10 Å². The lowest BCUT2D eigenvalue weighted by atomic mass is 10.3. The van der Waals surface area contributed by atoms with Gasteiger partial charge in [-0.1, -0.05) is 6.58 Å². The number of carbonyl (C=O) groups excluding carboxylic acids is 2. The molecule has 0 aliphatic carbocycles. The van der Waals surface area contributed by atoms with E-state index in [0.717, 1.165) is 0 Å². The molecule has 6 heteroatoms. The Hall–Kier alpha value is -1.85. The number of esters is 2. The largest absolute Gasteiger partial charge is 0.478 e. The number of aliphatic carboxylic acids is 1. The van der Waals surface area contributed by atoms with E-state index in [1.54, 1.807) is 0 Å². The maximum absolute atomic E-state index is 11.0. The highest BCUT2D eigenvalue weighted by molar-refractivity contribution is 6.00. The first-order valence-electron chi connectivity index (χ1n) is 4.16. The summed E-state index contributed by atoms with van der Waals surface area (Å²) in [5.74, 6) is -3.64. The van der Waals surface area contributed by atoms with Gasteiger partial charge in [-0.2, -0.15) is 0 Å². The van der Waals surface area contributed by atoms with Crippen LogP contribution in [0.4, 0.5) is 0 Å². The average molecular weight is 216 g/mol. The number of hydrogen-bond acceptors (Lipinski definition) is 5. The first kappa shape index (κ1) is 13.2. The maximum atomic E-state index is 11.0. The van der Waals surface area contributed by atoms with Crippen molar-refractivity contribution >= 4 is 17.9 Å². The summed E-state index contributed by atoms with van der Waals surface area (Å²) in [6, 6.07) is 0. The fourth-order valence-electron chi connectivity index (χ4n) is 0.625. The van der Waals surface area contributed by atoms with E-state index in [1.165, 1.54) is 13.8 Å². The van der Waals surface area contributed by atoms with Crippen LogP contribution in [-0.2, 0) is 23.9 Å². The molecule has 0 aromatic rings. The first-order valence-corrected chi connectivity index (χ1v) is 4.16. The summed E-state index contributed by atoms with van der Waals surface area (Å²) >= 11 is 0. The van der Waals surface area contributed by atoms with Crippen molar-refractivity contribution in [3.05, 3.63) is 12.2 Å². The molecule has 1 atom stereocenters. The van der Waals surface area contributed by atoms with Crippen LogP contribution in [-0.4, -0.2) is 35.7 Å². The Morgan fingerprint density at radius 3 is 2.27 bits per heavy atom. The number of ether oxygens (including phenoxy) is 2. The van der Waals surface area contributed by atoms with E-state index >= 15 is 0 Å². The lowest BCUT2D eigenvalue weighted by molar-refractivity contribution is -0.175. The van der Waals surface area contributed by atoms with Crippen LogP contribution in [0, 0.1) is 0 Å². The molecule has 6 nitrogen and oxygen atoms in total.